The number of ketones is 2. The van der Waals surface area contributed by atoms with E-state index in [0.29, 0.717) is 18.5 Å². The highest BCUT2D eigenvalue weighted by atomic mass is 32.2. The van der Waals surface area contributed by atoms with Crippen molar-refractivity contribution in [3.05, 3.63) is 64.7 Å². The number of carbonyl (C=O) groups excluding carboxylic acids is 3. The van der Waals surface area contributed by atoms with Gasteiger partial charge in [-0.2, -0.15) is 0 Å². The van der Waals surface area contributed by atoms with Crippen LogP contribution in [0.25, 0.3) is 0 Å². The van der Waals surface area contributed by atoms with Gasteiger partial charge >= 0.3 is 0 Å². The molecule has 0 saturated heterocycles. The third-order valence-corrected chi connectivity index (χ3v) is 6.71. The second kappa shape index (κ2) is 8.26. The average Bonchev–Trinajstić information content (AvgIpc) is 2.71. The Kier molecular flexibility index (Phi) is 5.95. The van der Waals surface area contributed by atoms with Crippen molar-refractivity contribution in [1.82, 2.24) is 9.62 Å². The molecule has 0 heterocycles. The third-order valence-electron chi connectivity index (χ3n) is 4.86. The molecule has 2 aromatic carbocycles. The van der Waals surface area contributed by atoms with Crippen molar-refractivity contribution in [2.24, 2.45) is 0 Å². The van der Waals surface area contributed by atoms with Crippen LogP contribution in [0.3, 0.4) is 0 Å². The number of amides is 1. The quantitative estimate of drug-likeness (QED) is 0.637. The van der Waals surface area contributed by atoms with Gasteiger partial charge in [0.25, 0.3) is 0 Å². The summed E-state index contributed by atoms with van der Waals surface area (Å²) in [5, 5.41) is 2.66. The lowest BCUT2D eigenvalue weighted by Crippen LogP contribution is -2.30. The van der Waals surface area contributed by atoms with Crippen LogP contribution in [-0.2, 0) is 14.8 Å². The fourth-order valence-corrected chi connectivity index (χ4v) is 4.52. The van der Waals surface area contributed by atoms with E-state index in [0.717, 1.165) is 4.31 Å². The Bertz CT molecular complexity index is 1090. The molecule has 2 aromatic rings. The van der Waals surface area contributed by atoms with Gasteiger partial charge in [0.1, 0.15) is 0 Å². The summed E-state index contributed by atoms with van der Waals surface area (Å²) in [6, 6.07) is 10.5. The van der Waals surface area contributed by atoms with Crippen molar-refractivity contribution >= 4 is 27.5 Å². The van der Waals surface area contributed by atoms with Gasteiger partial charge in [-0.3, -0.25) is 14.4 Å². The number of hydrogen-bond donors (Lipinski definition) is 1. The highest BCUT2D eigenvalue weighted by molar-refractivity contribution is 7.89. The summed E-state index contributed by atoms with van der Waals surface area (Å²) in [5.74, 6) is -0.796. The molecule has 0 aliphatic heterocycles. The van der Waals surface area contributed by atoms with Crippen LogP contribution in [0.1, 0.15) is 51.6 Å². The third kappa shape index (κ3) is 3.99. The smallest absolute Gasteiger partial charge is 0.242 e. The van der Waals surface area contributed by atoms with E-state index in [2.05, 4.69) is 5.32 Å². The van der Waals surface area contributed by atoms with Gasteiger partial charge in [0, 0.05) is 48.8 Å². The van der Waals surface area contributed by atoms with Crippen LogP contribution < -0.4 is 5.32 Å². The molecule has 3 rings (SSSR count). The minimum Gasteiger partial charge on any atom is -0.356 e. The van der Waals surface area contributed by atoms with Gasteiger partial charge in [-0.1, -0.05) is 24.3 Å². The van der Waals surface area contributed by atoms with Crippen LogP contribution in [-0.4, -0.2) is 50.3 Å². The maximum atomic E-state index is 12.9. The molecule has 152 valence electrons. The first-order valence-corrected chi connectivity index (χ1v) is 10.8. The Morgan fingerprint density at radius 2 is 1.55 bits per heavy atom. The van der Waals surface area contributed by atoms with Crippen LogP contribution in [0.4, 0.5) is 0 Å². The Balaban J connectivity index is 1.84. The summed E-state index contributed by atoms with van der Waals surface area (Å²) in [6.45, 7) is 2.50. The molecule has 1 aliphatic rings. The molecule has 0 aromatic heterocycles. The van der Waals surface area contributed by atoms with Gasteiger partial charge in [-0.05, 0) is 31.5 Å². The summed E-state index contributed by atoms with van der Waals surface area (Å²) in [7, 11) is -2.44. The normalized spacial score (nSPS) is 13.2. The van der Waals surface area contributed by atoms with Crippen molar-refractivity contribution in [3.8, 4) is 0 Å². The van der Waals surface area contributed by atoms with E-state index >= 15 is 0 Å². The number of benzene rings is 2. The lowest BCUT2D eigenvalue weighted by Gasteiger charge is -2.20. The summed E-state index contributed by atoms with van der Waals surface area (Å²) in [6.07, 6.45) is 0.596. The fourth-order valence-electron chi connectivity index (χ4n) is 3.29. The van der Waals surface area contributed by atoms with Crippen molar-refractivity contribution in [1.29, 1.82) is 0 Å². The molecule has 0 bridgehead atoms. The highest BCUT2D eigenvalue weighted by Crippen LogP contribution is 2.29. The highest BCUT2D eigenvalue weighted by Gasteiger charge is 2.31. The molecule has 0 fully saturated rings. The van der Waals surface area contributed by atoms with Gasteiger partial charge in [-0.25, -0.2) is 12.7 Å². The number of nitrogens with one attached hydrogen (secondary N) is 1. The monoisotopic (exact) mass is 414 g/mol. The SMILES string of the molecule is CCNC(=O)CCCN(C)S(=O)(=O)c1ccc2c(c1)C(=O)c1ccccc1C2=O. The Morgan fingerprint density at radius 1 is 0.966 bits per heavy atom. The molecule has 0 atom stereocenters. The largest absolute Gasteiger partial charge is 0.356 e. The standard InChI is InChI=1S/C21H22N2O5S/c1-3-22-19(24)9-6-12-23(2)29(27,28)14-10-11-17-18(13-14)21(26)16-8-5-4-7-15(16)20(17)25/h4-5,7-8,10-11,13H,3,6,9,12H2,1-2H3,(H,22,24). The van der Waals surface area contributed by atoms with Crippen LogP contribution in [0.15, 0.2) is 47.4 Å². The maximum absolute atomic E-state index is 12.9. The van der Waals surface area contributed by atoms with Crippen LogP contribution >= 0.6 is 0 Å². The van der Waals surface area contributed by atoms with Crippen LogP contribution in [0.5, 0.6) is 0 Å². The van der Waals surface area contributed by atoms with E-state index in [9.17, 15) is 22.8 Å². The van der Waals surface area contributed by atoms with Crippen molar-refractivity contribution in [2.75, 3.05) is 20.1 Å². The minimum absolute atomic E-state index is 0.0581. The minimum atomic E-state index is -3.86. The molecule has 1 aliphatic carbocycles. The van der Waals surface area contributed by atoms with E-state index in [4.69, 9.17) is 0 Å². The summed E-state index contributed by atoms with van der Waals surface area (Å²) >= 11 is 0. The lowest BCUT2D eigenvalue weighted by molar-refractivity contribution is -0.121. The Morgan fingerprint density at radius 3 is 2.17 bits per heavy atom. The van der Waals surface area contributed by atoms with Gasteiger partial charge in [-0.15, -0.1) is 0 Å². The number of rotatable bonds is 7. The second-order valence-electron chi connectivity index (χ2n) is 6.79. The molecule has 0 unspecified atom stereocenters. The van der Waals surface area contributed by atoms with E-state index in [-0.39, 0.29) is 52.0 Å². The van der Waals surface area contributed by atoms with Crippen molar-refractivity contribution in [3.63, 3.8) is 0 Å². The lowest BCUT2D eigenvalue weighted by atomic mass is 9.84. The molecule has 0 spiro atoms. The molecule has 29 heavy (non-hydrogen) atoms. The zero-order chi connectivity index (χ0) is 21.2. The number of nitrogens with zero attached hydrogens (tertiary/aromatic N) is 1. The molecular weight excluding hydrogens is 392 g/mol. The molecule has 1 amide bonds. The predicted octanol–water partition coefficient (Wildman–Crippen LogP) is 2.00. The molecule has 0 radical (unpaired) electrons. The second-order valence-corrected chi connectivity index (χ2v) is 8.84. The fraction of sp³-hybridized carbons (Fsp3) is 0.286. The van der Waals surface area contributed by atoms with Gasteiger partial charge in [0.05, 0.1) is 4.90 Å². The summed E-state index contributed by atoms with van der Waals surface area (Å²) in [4.78, 5) is 36.9. The first-order valence-electron chi connectivity index (χ1n) is 9.33. The molecule has 8 heteroatoms. The van der Waals surface area contributed by atoms with E-state index < -0.39 is 10.0 Å². The van der Waals surface area contributed by atoms with Crippen LogP contribution in [0, 0.1) is 0 Å². The van der Waals surface area contributed by atoms with E-state index in [1.807, 2.05) is 6.92 Å². The Hall–Kier alpha value is -2.84. The van der Waals surface area contributed by atoms with Crippen molar-refractivity contribution in [2.45, 2.75) is 24.7 Å². The number of hydrogen-bond acceptors (Lipinski definition) is 5. The molecular formula is C21H22N2O5S. The summed E-state index contributed by atoms with van der Waals surface area (Å²) in [5.41, 5.74) is 0.884. The van der Waals surface area contributed by atoms with E-state index in [1.54, 1.807) is 24.3 Å². The first kappa shape index (κ1) is 20.9. The van der Waals surface area contributed by atoms with E-state index in [1.165, 1.54) is 25.2 Å². The van der Waals surface area contributed by atoms with Gasteiger partial charge < -0.3 is 5.32 Å². The van der Waals surface area contributed by atoms with Gasteiger partial charge in [0.15, 0.2) is 11.6 Å². The predicted molar refractivity (Wildman–Crippen MR) is 107 cm³/mol. The number of sulfonamides is 1. The van der Waals surface area contributed by atoms with Crippen molar-refractivity contribution < 1.29 is 22.8 Å². The zero-order valence-electron chi connectivity index (χ0n) is 16.3. The average molecular weight is 414 g/mol. The molecule has 7 nitrogen and oxygen atoms in total. The maximum Gasteiger partial charge on any atom is 0.242 e. The topological polar surface area (TPSA) is 101 Å². The Labute approximate surface area is 169 Å². The zero-order valence-corrected chi connectivity index (χ0v) is 17.1. The molecule has 0 saturated carbocycles. The summed E-state index contributed by atoms with van der Waals surface area (Å²) < 4.78 is 26.9. The number of carbonyl (C=O) groups is 3. The first-order chi connectivity index (χ1) is 13.8. The molecule has 1 N–H and O–H groups in total. The van der Waals surface area contributed by atoms with Crippen LogP contribution in [0.2, 0.25) is 0 Å². The number of fused-ring (bicyclic) bond motifs is 2. The van der Waals surface area contributed by atoms with Gasteiger partial charge in [0.2, 0.25) is 15.9 Å².